The number of hydrogen-bond donors (Lipinski definition) is 0. The van der Waals surface area contributed by atoms with Gasteiger partial charge in [0.1, 0.15) is 20.1 Å². The van der Waals surface area contributed by atoms with Crippen molar-refractivity contribution in [3.8, 4) is 16.8 Å². The Bertz CT molecular complexity index is 1570. The number of ketones is 1. The Balaban J connectivity index is 1.33. The van der Waals surface area contributed by atoms with Gasteiger partial charge in [0.2, 0.25) is 0 Å². The monoisotopic (exact) mass is 570 g/mol. The summed E-state index contributed by atoms with van der Waals surface area (Å²) >= 11 is 12.7. The van der Waals surface area contributed by atoms with Gasteiger partial charge in [-0.2, -0.15) is 5.10 Å². The van der Waals surface area contributed by atoms with Crippen LogP contribution in [-0.4, -0.2) is 29.7 Å². The summed E-state index contributed by atoms with van der Waals surface area (Å²) in [5.41, 5.74) is 6.62. The maximum atomic E-state index is 12.6. The molecule has 0 fully saturated rings. The molecule has 0 saturated carbocycles. The Morgan fingerprint density at radius 3 is 2.57 bits per heavy atom. The highest BCUT2D eigenvalue weighted by atomic mass is 35.5. The van der Waals surface area contributed by atoms with Crippen molar-refractivity contribution in [1.82, 2.24) is 9.78 Å². The predicted octanol–water partition coefficient (Wildman–Crippen LogP) is 7.45. The van der Waals surface area contributed by atoms with Gasteiger partial charge < -0.3 is 0 Å². The van der Waals surface area contributed by atoms with Crippen LogP contribution in [0.25, 0.3) is 22.4 Å². The molecule has 0 saturated heterocycles. The summed E-state index contributed by atoms with van der Waals surface area (Å²) in [7, 11) is -3.76. The van der Waals surface area contributed by atoms with Crippen molar-refractivity contribution in [3.05, 3.63) is 93.6 Å². The number of Topliss-reactive ketones (excluding diaryl/α,β-unsaturated/α-hetero) is 1. The number of carbonyl (C=O) groups is 1. The fourth-order valence-electron chi connectivity index (χ4n) is 4.58. The molecular weight excluding hydrogens is 547 g/mol. The van der Waals surface area contributed by atoms with Gasteiger partial charge in [-0.1, -0.05) is 71.7 Å². The third kappa shape index (κ3) is 5.75. The Labute approximate surface area is 230 Å². The molecule has 0 N–H and O–H groups in total. The van der Waals surface area contributed by atoms with E-state index in [9.17, 15) is 13.2 Å². The van der Waals surface area contributed by atoms with Gasteiger partial charge >= 0.3 is 0 Å². The molecule has 9 heteroatoms. The first-order valence-corrected chi connectivity index (χ1v) is 15.2. The second-order valence-corrected chi connectivity index (χ2v) is 13.2. The van der Waals surface area contributed by atoms with E-state index in [1.165, 1.54) is 11.6 Å². The molecule has 0 bridgehead atoms. The SMILES string of the molecule is O=C(CC/C=C1\CCCc2cnn(-c3cccc(-c4ccccc4)c3)c21)CS(=O)(=O)c1cc(Cl)c(Cl)s1. The van der Waals surface area contributed by atoms with Crippen molar-refractivity contribution in [2.45, 2.75) is 36.3 Å². The lowest BCUT2D eigenvalue weighted by molar-refractivity contribution is -0.116. The molecule has 5 rings (SSSR count). The minimum absolute atomic E-state index is 0.0211. The summed E-state index contributed by atoms with van der Waals surface area (Å²) in [6, 6.07) is 19.8. The molecule has 1 aliphatic rings. The molecule has 0 unspecified atom stereocenters. The summed E-state index contributed by atoms with van der Waals surface area (Å²) in [6.45, 7) is 0. The van der Waals surface area contributed by atoms with Gasteiger partial charge in [0.15, 0.2) is 9.84 Å². The van der Waals surface area contributed by atoms with Crippen LogP contribution >= 0.6 is 34.5 Å². The van der Waals surface area contributed by atoms with E-state index < -0.39 is 15.6 Å². The Morgan fingerprint density at radius 1 is 1.03 bits per heavy atom. The maximum absolute atomic E-state index is 12.6. The van der Waals surface area contributed by atoms with Crippen molar-refractivity contribution in [1.29, 1.82) is 0 Å². The second-order valence-electron chi connectivity index (χ2n) is 8.95. The molecule has 2 heterocycles. The topological polar surface area (TPSA) is 69.0 Å². The second kappa shape index (κ2) is 11.0. The highest BCUT2D eigenvalue weighted by Gasteiger charge is 2.24. The average Bonchev–Trinajstić information content (AvgIpc) is 3.48. The Hall–Kier alpha value is -2.71. The van der Waals surface area contributed by atoms with Crippen LogP contribution in [-0.2, 0) is 21.1 Å². The van der Waals surface area contributed by atoms with Crippen LogP contribution in [0.15, 0.2) is 77.1 Å². The molecule has 2 aromatic heterocycles. The van der Waals surface area contributed by atoms with E-state index >= 15 is 0 Å². The molecule has 5 nitrogen and oxygen atoms in total. The first-order valence-electron chi connectivity index (χ1n) is 11.9. The van der Waals surface area contributed by atoms with Crippen molar-refractivity contribution >= 4 is 55.7 Å². The number of fused-ring (bicyclic) bond motifs is 1. The van der Waals surface area contributed by atoms with Gasteiger partial charge in [0.25, 0.3) is 0 Å². The number of aromatic nitrogens is 2. The zero-order valence-corrected chi connectivity index (χ0v) is 23.0. The molecule has 0 atom stereocenters. The number of carbonyl (C=O) groups excluding carboxylic acids is 1. The lowest BCUT2D eigenvalue weighted by Crippen LogP contribution is -2.15. The van der Waals surface area contributed by atoms with Gasteiger partial charge in [-0.25, -0.2) is 13.1 Å². The van der Waals surface area contributed by atoms with E-state index in [0.717, 1.165) is 58.7 Å². The molecule has 0 amide bonds. The first-order chi connectivity index (χ1) is 17.8. The normalized spacial score (nSPS) is 14.6. The standard InChI is InChI=1S/C28H24Cl2N2O3S2/c29-25-16-26(36-28(25)30)37(34,35)18-24(33)14-6-10-20-9-4-12-22-17-31-32(27(20)22)23-13-5-11-21(15-23)19-7-2-1-3-8-19/h1-3,5,7-8,10-11,13,15-17H,4,6,9,12,14,18H2/b20-10+. The highest BCUT2D eigenvalue weighted by molar-refractivity contribution is 7.94. The fraction of sp³-hybridized carbons (Fsp3) is 0.214. The molecule has 1 aliphatic carbocycles. The van der Waals surface area contributed by atoms with E-state index in [-0.39, 0.29) is 25.8 Å². The number of rotatable bonds is 8. The van der Waals surface area contributed by atoms with Gasteiger partial charge in [0, 0.05) is 6.42 Å². The van der Waals surface area contributed by atoms with Crippen molar-refractivity contribution in [2.75, 3.05) is 5.75 Å². The summed E-state index contributed by atoms with van der Waals surface area (Å²) in [4.78, 5) is 12.5. The third-order valence-electron chi connectivity index (χ3n) is 6.33. The highest BCUT2D eigenvalue weighted by Crippen LogP contribution is 2.35. The van der Waals surface area contributed by atoms with Gasteiger partial charge in [-0.05, 0) is 66.1 Å². The van der Waals surface area contributed by atoms with E-state index in [4.69, 9.17) is 28.3 Å². The number of allylic oxidation sites excluding steroid dienone is 2. The smallest absolute Gasteiger partial charge is 0.194 e. The predicted molar refractivity (Wildman–Crippen MR) is 151 cm³/mol. The molecule has 190 valence electrons. The lowest BCUT2D eigenvalue weighted by atomic mass is 9.92. The number of halogens is 2. The number of hydrogen-bond acceptors (Lipinski definition) is 5. The molecular formula is C28H24Cl2N2O3S2. The summed E-state index contributed by atoms with van der Waals surface area (Å²) in [5.74, 6) is -0.892. The summed E-state index contributed by atoms with van der Waals surface area (Å²) in [5, 5.41) is 4.88. The summed E-state index contributed by atoms with van der Waals surface area (Å²) < 4.78 is 27.4. The Morgan fingerprint density at radius 2 is 1.81 bits per heavy atom. The number of thiophene rings is 1. The number of aryl methyl sites for hydroxylation is 1. The van der Waals surface area contributed by atoms with Gasteiger partial charge in [-0.3, -0.25) is 4.79 Å². The van der Waals surface area contributed by atoms with Crippen molar-refractivity contribution in [3.63, 3.8) is 0 Å². The summed E-state index contributed by atoms with van der Waals surface area (Å²) in [6.07, 6.45) is 7.43. The van der Waals surface area contributed by atoms with Crippen molar-refractivity contribution in [2.24, 2.45) is 0 Å². The quantitative estimate of drug-likeness (QED) is 0.220. The number of nitrogens with zero attached hydrogens (tertiary/aromatic N) is 2. The average molecular weight is 572 g/mol. The minimum Gasteiger partial charge on any atom is -0.299 e. The van der Waals surface area contributed by atoms with Crippen molar-refractivity contribution < 1.29 is 13.2 Å². The molecule has 2 aromatic carbocycles. The number of benzene rings is 2. The van der Waals surface area contributed by atoms with Crippen LogP contribution in [0.1, 0.15) is 36.9 Å². The third-order valence-corrected chi connectivity index (χ3v) is 10.4. The molecule has 37 heavy (non-hydrogen) atoms. The molecule has 4 aromatic rings. The van der Waals surface area contributed by atoms with Gasteiger partial charge in [0.05, 0.1) is 22.6 Å². The molecule has 0 spiro atoms. The molecule has 0 radical (unpaired) electrons. The van der Waals surface area contributed by atoms with Crippen LogP contribution in [0.4, 0.5) is 0 Å². The first kappa shape index (κ1) is 25.9. The zero-order valence-electron chi connectivity index (χ0n) is 19.9. The fourth-order valence-corrected chi connectivity index (χ4v) is 7.83. The lowest BCUT2D eigenvalue weighted by Gasteiger charge is -2.18. The maximum Gasteiger partial charge on any atom is 0.194 e. The van der Waals surface area contributed by atoms with Crippen LogP contribution in [0.3, 0.4) is 0 Å². The largest absolute Gasteiger partial charge is 0.299 e. The van der Waals surface area contributed by atoms with E-state index in [0.29, 0.717) is 6.42 Å². The van der Waals surface area contributed by atoms with Crippen LogP contribution in [0.2, 0.25) is 9.36 Å². The molecule has 0 aliphatic heterocycles. The van der Waals surface area contributed by atoms with E-state index in [2.05, 4.69) is 30.3 Å². The number of sulfone groups is 1. The zero-order chi connectivity index (χ0) is 26.0. The Kier molecular flexibility index (Phi) is 7.67. The van der Waals surface area contributed by atoms with E-state index in [1.807, 2.05) is 41.2 Å². The van der Waals surface area contributed by atoms with Gasteiger partial charge in [-0.15, -0.1) is 11.3 Å². The van der Waals surface area contributed by atoms with Crippen LogP contribution in [0.5, 0.6) is 0 Å². The van der Waals surface area contributed by atoms with E-state index in [1.54, 1.807) is 0 Å². The minimum atomic E-state index is -3.76. The van der Waals surface area contributed by atoms with Crippen LogP contribution < -0.4 is 0 Å². The van der Waals surface area contributed by atoms with Crippen LogP contribution in [0, 0.1) is 0 Å².